The van der Waals surface area contributed by atoms with Gasteiger partial charge in [-0.2, -0.15) is 4.68 Å². The Bertz CT molecular complexity index is 1040. The van der Waals surface area contributed by atoms with E-state index in [9.17, 15) is 0 Å². The van der Waals surface area contributed by atoms with Gasteiger partial charge in [0, 0.05) is 11.8 Å². The van der Waals surface area contributed by atoms with Crippen molar-refractivity contribution in [3.63, 3.8) is 0 Å². The Morgan fingerprint density at radius 2 is 1.96 bits per heavy atom. The number of hydrogen-bond donors (Lipinski definition) is 2. The van der Waals surface area contributed by atoms with Crippen molar-refractivity contribution >= 4 is 28.2 Å². The highest BCUT2D eigenvalue weighted by atomic mass is 16.5. The van der Waals surface area contributed by atoms with Crippen molar-refractivity contribution < 1.29 is 4.74 Å². The summed E-state index contributed by atoms with van der Waals surface area (Å²) < 4.78 is 6.83. The molecule has 4 aromatic rings. The maximum Gasteiger partial charge on any atom is 0.184 e. The van der Waals surface area contributed by atoms with Crippen LogP contribution in [0.2, 0.25) is 0 Å². The zero-order chi connectivity index (χ0) is 17.2. The van der Waals surface area contributed by atoms with E-state index < -0.39 is 0 Å². The zero-order valence-corrected chi connectivity index (χ0v) is 13.4. The molecule has 2 aromatic carbocycles. The quantitative estimate of drug-likeness (QED) is 0.591. The van der Waals surface area contributed by atoms with Crippen molar-refractivity contribution in [1.29, 1.82) is 0 Å². The lowest BCUT2D eigenvalue weighted by atomic mass is 10.3. The molecule has 8 heteroatoms. The molecule has 0 saturated heterocycles. The van der Waals surface area contributed by atoms with E-state index in [1.807, 2.05) is 48.5 Å². The van der Waals surface area contributed by atoms with Crippen molar-refractivity contribution in [2.45, 2.75) is 0 Å². The third-order valence-corrected chi connectivity index (χ3v) is 3.75. The maximum absolute atomic E-state index is 6.28. The summed E-state index contributed by atoms with van der Waals surface area (Å²) in [5, 5.41) is 11.5. The number of para-hydroxylation sites is 1. The molecule has 0 saturated carbocycles. The zero-order valence-electron chi connectivity index (χ0n) is 13.4. The van der Waals surface area contributed by atoms with E-state index in [0.29, 0.717) is 17.3 Å². The third-order valence-electron chi connectivity index (χ3n) is 3.75. The maximum atomic E-state index is 6.28. The average Bonchev–Trinajstić information content (AvgIpc) is 3.08. The number of ether oxygens (including phenoxy) is 1. The van der Waals surface area contributed by atoms with Gasteiger partial charge in [0.1, 0.15) is 23.3 Å². The second-order valence-corrected chi connectivity index (χ2v) is 5.31. The Balaban J connectivity index is 1.75. The number of nitrogens with zero attached hydrogens (tertiary/aromatic N) is 5. The van der Waals surface area contributed by atoms with Gasteiger partial charge in [-0.05, 0) is 24.3 Å². The number of hydrogen-bond acceptors (Lipinski definition) is 7. The number of aromatic nitrogens is 5. The van der Waals surface area contributed by atoms with E-state index in [1.165, 1.54) is 6.33 Å². The molecule has 0 unspecified atom stereocenters. The molecule has 0 aliphatic rings. The largest absolute Gasteiger partial charge is 0.497 e. The molecule has 4 rings (SSSR count). The normalized spacial score (nSPS) is 10.8. The smallest absolute Gasteiger partial charge is 0.184 e. The Morgan fingerprint density at radius 1 is 1.08 bits per heavy atom. The topological polar surface area (TPSA) is 104 Å². The molecule has 0 aliphatic heterocycles. The second kappa shape index (κ2) is 6.08. The first-order chi connectivity index (χ1) is 12.3. The number of nitrogens with one attached hydrogen (secondary N) is 1. The van der Waals surface area contributed by atoms with Crippen LogP contribution < -0.4 is 15.8 Å². The number of benzene rings is 2. The van der Waals surface area contributed by atoms with E-state index in [4.69, 9.17) is 10.5 Å². The van der Waals surface area contributed by atoms with Gasteiger partial charge in [0.2, 0.25) is 0 Å². The van der Waals surface area contributed by atoms with E-state index in [2.05, 4.69) is 25.6 Å². The number of methoxy groups -OCH3 is 1. The molecular weight excluding hydrogens is 318 g/mol. The van der Waals surface area contributed by atoms with Crippen LogP contribution >= 0.6 is 0 Å². The second-order valence-electron chi connectivity index (χ2n) is 5.31. The summed E-state index contributed by atoms with van der Waals surface area (Å²) in [5.74, 6) is 1.69. The fourth-order valence-corrected chi connectivity index (χ4v) is 2.52. The predicted molar refractivity (Wildman–Crippen MR) is 95.1 cm³/mol. The first kappa shape index (κ1) is 14.9. The summed E-state index contributed by atoms with van der Waals surface area (Å²) in [6.45, 7) is 0. The molecule has 0 fully saturated rings. The Morgan fingerprint density at radius 3 is 2.84 bits per heavy atom. The summed E-state index contributed by atoms with van der Waals surface area (Å²) >= 11 is 0. The van der Waals surface area contributed by atoms with Crippen LogP contribution in [0.5, 0.6) is 5.75 Å². The highest BCUT2D eigenvalue weighted by Crippen LogP contribution is 2.27. The summed E-state index contributed by atoms with van der Waals surface area (Å²) in [6.07, 6.45) is 1.44. The van der Waals surface area contributed by atoms with Gasteiger partial charge in [0.25, 0.3) is 0 Å². The number of nitrogen functional groups attached to an aromatic ring is 1. The Kier molecular flexibility index (Phi) is 3.62. The van der Waals surface area contributed by atoms with Gasteiger partial charge in [0.15, 0.2) is 11.6 Å². The average molecular weight is 333 g/mol. The van der Waals surface area contributed by atoms with Gasteiger partial charge < -0.3 is 15.8 Å². The SMILES string of the molecule is COc1cccc(Nc2ncnc(-n3nnc4ccccc43)c2N)c1. The highest BCUT2D eigenvalue weighted by Gasteiger charge is 2.14. The number of fused-ring (bicyclic) bond motifs is 1. The van der Waals surface area contributed by atoms with E-state index in [0.717, 1.165) is 22.5 Å². The molecule has 8 nitrogen and oxygen atoms in total. The molecule has 0 atom stereocenters. The van der Waals surface area contributed by atoms with Crippen molar-refractivity contribution in [1.82, 2.24) is 25.0 Å². The molecule has 0 spiro atoms. The fourth-order valence-electron chi connectivity index (χ4n) is 2.52. The molecule has 2 aromatic heterocycles. The van der Waals surface area contributed by atoms with Crippen molar-refractivity contribution in [2.75, 3.05) is 18.2 Å². The Hall–Kier alpha value is -3.68. The molecule has 124 valence electrons. The van der Waals surface area contributed by atoms with Crippen molar-refractivity contribution in [3.05, 3.63) is 54.9 Å². The molecule has 25 heavy (non-hydrogen) atoms. The van der Waals surface area contributed by atoms with Crippen LogP contribution in [0.25, 0.3) is 16.9 Å². The first-order valence-electron chi connectivity index (χ1n) is 7.58. The highest BCUT2D eigenvalue weighted by molar-refractivity contribution is 5.80. The minimum Gasteiger partial charge on any atom is -0.497 e. The lowest BCUT2D eigenvalue weighted by Gasteiger charge is -2.11. The van der Waals surface area contributed by atoms with Gasteiger partial charge >= 0.3 is 0 Å². The van der Waals surface area contributed by atoms with Crippen LogP contribution in [-0.2, 0) is 0 Å². The van der Waals surface area contributed by atoms with Gasteiger partial charge in [-0.15, -0.1) is 5.10 Å². The summed E-state index contributed by atoms with van der Waals surface area (Å²) in [6, 6.07) is 15.1. The van der Waals surface area contributed by atoms with Crippen molar-refractivity contribution in [3.8, 4) is 11.6 Å². The van der Waals surface area contributed by atoms with Crippen LogP contribution in [0, 0.1) is 0 Å². The molecular formula is C17H15N7O. The standard InChI is InChI=1S/C17H15N7O/c1-25-12-6-4-5-11(9-12)21-16-15(18)17(20-10-19-16)24-14-8-3-2-7-13(14)22-23-24/h2-10H,18H2,1H3,(H,19,20,21). The van der Waals surface area contributed by atoms with Crippen LogP contribution in [0.15, 0.2) is 54.9 Å². The van der Waals surface area contributed by atoms with Gasteiger partial charge in [0.05, 0.1) is 12.6 Å². The molecule has 2 heterocycles. The lowest BCUT2D eigenvalue weighted by Crippen LogP contribution is -2.08. The number of nitrogens with two attached hydrogens (primary N) is 1. The van der Waals surface area contributed by atoms with Crippen LogP contribution in [-0.4, -0.2) is 32.1 Å². The fraction of sp³-hybridized carbons (Fsp3) is 0.0588. The van der Waals surface area contributed by atoms with Gasteiger partial charge in [-0.25, -0.2) is 9.97 Å². The van der Waals surface area contributed by atoms with Gasteiger partial charge in [-0.3, -0.25) is 0 Å². The molecule has 0 radical (unpaired) electrons. The summed E-state index contributed by atoms with van der Waals surface area (Å²) in [7, 11) is 1.62. The molecule has 0 amide bonds. The van der Waals surface area contributed by atoms with E-state index >= 15 is 0 Å². The molecule has 3 N–H and O–H groups in total. The monoisotopic (exact) mass is 333 g/mol. The number of anilines is 3. The molecule has 0 bridgehead atoms. The van der Waals surface area contributed by atoms with Crippen LogP contribution in [0.1, 0.15) is 0 Å². The van der Waals surface area contributed by atoms with Crippen molar-refractivity contribution in [2.24, 2.45) is 0 Å². The lowest BCUT2D eigenvalue weighted by molar-refractivity contribution is 0.415. The summed E-state index contributed by atoms with van der Waals surface area (Å²) in [5.41, 5.74) is 9.04. The predicted octanol–water partition coefficient (Wildman–Crippen LogP) is 2.54. The van der Waals surface area contributed by atoms with Crippen LogP contribution in [0.4, 0.5) is 17.2 Å². The number of rotatable bonds is 4. The minimum atomic E-state index is 0.376. The molecule has 0 aliphatic carbocycles. The Labute approximate surface area is 143 Å². The first-order valence-corrected chi connectivity index (χ1v) is 7.58. The third kappa shape index (κ3) is 2.69. The van der Waals surface area contributed by atoms with Crippen LogP contribution in [0.3, 0.4) is 0 Å². The minimum absolute atomic E-state index is 0.376. The van der Waals surface area contributed by atoms with E-state index in [-0.39, 0.29) is 0 Å². The summed E-state index contributed by atoms with van der Waals surface area (Å²) in [4.78, 5) is 8.50. The van der Waals surface area contributed by atoms with Gasteiger partial charge in [-0.1, -0.05) is 23.4 Å². The van der Waals surface area contributed by atoms with E-state index in [1.54, 1.807) is 11.8 Å².